The number of alkyl halides is 9. The molecule has 1 nitrogen and oxygen atoms in total. The van der Waals surface area contributed by atoms with Gasteiger partial charge in [0.05, 0.1) is 5.92 Å². The van der Waals surface area contributed by atoms with Crippen molar-refractivity contribution in [1.29, 1.82) is 0 Å². The molecule has 3 aromatic carbocycles. The molecule has 180 valence electrons. The summed E-state index contributed by atoms with van der Waals surface area (Å²) in [6.07, 6.45) is -7.41. The minimum atomic E-state index is -7.08. The molecule has 0 N–H and O–H groups in total. The van der Waals surface area contributed by atoms with Crippen molar-refractivity contribution in [2.24, 2.45) is 5.92 Å². The van der Waals surface area contributed by atoms with Crippen LogP contribution in [-0.2, 0) is 6.42 Å². The molecule has 4 rings (SSSR count). The largest absolute Gasteiger partial charge is 0.460 e. The molecule has 0 bridgehead atoms. The van der Waals surface area contributed by atoms with Gasteiger partial charge in [-0.1, -0.05) is 66.7 Å². The van der Waals surface area contributed by atoms with Gasteiger partial charge in [0.1, 0.15) is 0 Å². The first-order valence-electron chi connectivity index (χ1n) is 10.0. The Hall–Kier alpha value is -3.04. The van der Waals surface area contributed by atoms with Crippen LogP contribution in [0.2, 0.25) is 0 Å². The molecule has 0 aromatic heterocycles. The Bertz CT molecular complexity index is 1240. The summed E-state index contributed by atoms with van der Waals surface area (Å²) in [7, 11) is 0. The van der Waals surface area contributed by atoms with Gasteiger partial charge in [-0.3, -0.25) is 4.79 Å². The first-order chi connectivity index (χ1) is 15.7. The fraction of sp³-hybridized carbons (Fsp3) is 0.292. The standard InChI is InChI=1S/C24H15F9O/c25-21(26,22(27,28)23(29,30)24(31,32)33)19-18(12-14-7-2-4-10-16(14)20(19)34)17-11-5-8-13-6-1-3-9-15(13)17/h1-11,18-19H,12H2. The third-order valence-electron chi connectivity index (χ3n) is 6.19. The van der Waals surface area contributed by atoms with Gasteiger partial charge in [0, 0.05) is 11.5 Å². The zero-order valence-corrected chi connectivity index (χ0v) is 17.0. The predicted molar refractivity (Wildman–Crippen MR) is 106 cm³/mol. The van der Waals surface area contributed by atoms with Crippen molar-refractivity contribution in [3.63, 3.8) is 0 Å². The van der Waals surface area contributed by atoms with Crippen molar-refractivity contribution >= 4 is 16.6 Å². The zero-order valence-electron chi connectivity index (χ0n) is 17.0. The summed E-state index contributed by atoms with van der Waals surface area (Å²) in [4.78, 5) is 13.1. The maximum atomic E-state index is 15.2. The number of hydrogen-bond acceptors (Lipinski definition) is 1. The number of ketones is 1. The number of halogens is 9. The Balaban J connectivity index is 1.96. The van der Waals surface area contributed by atoms with E-state index in [0.29, 0.717) is 5.39 Å². The Morgan fingerprint density at radius 1 is 0.676 bits per heavy atom. The third kappa shape index (κ3) is 3.37. The summed E-state index contributed by atoms with van der Waals surface area (Å²) >= 11 is 0. The van der Waals surface area contributed by atoms with Gasteiger partial charge in [0.15, 0.2) is 5.78 Å². The van der Waals surface area contributed by atoms with E-state index in [1.165, 1.54) is 42.5 Å². The molecule has 0 saturated heterocycles. The number of benzene rings is 3. The van der Waals surface area contributed by atoms with Crippen LogP contribution in [0.1, 0.15) is 27.4 Å². The average Bonchev–Trinajstić information content (AvgIpc) is 2.77. The van der Waals surface area contributed by atoms with E-state index >= 15 is 8.78 Å². The van der Waals surface area contributed by atoms with Crippen LogP contribution in [0.4, 0.5) is 39.5 Å². The lowest BCUT2D eigenvalue weighted by Crippen LogP contribution is -2.65. The lowest BCUT2D eigenvalue weighted by atomic mass is 9.67. The molecule has 1 aliphatic rings. The van der Waals surface area contributed by atoms with Gasteiger partial charge in [-0.15, -0.1) is 0 Å². The van der Waals surface area contributed by atoms with E-state index in [1.54, 1.807) is 18.2 Å². The van der Waals surface area contributed by atoms with Crippen LogP contribution in [-0.4, -0.2) is 29.7 Å². The molecule has 0 heterocycles. The molecule has 2 atom stereocenters. The van der Waals surface area contributed by atoms with E-state index in [1.807, 2.05) is 0 Å². The summed E-state index contributed by atoms with van der Waals surface area (Å²) < 4.78 is 125. The van der Waals surface area contributed by atoms with Crippen LogP contribution in [0.15, 0.2) is 66.7 Å². The number of rotatable bonds is 4. The highest BCUT2D eigenvalue weighted by molar-refractivity contribution is 6.02. The molecule has 10 heteroatoms. The molecule has 0 amide bonds. The SMILES string of the molecule is O=C1c2ccccc2CC(c2cccc3ccccc23)C1C(F)(F)C(F)(F)C(F)(F)C(F)(F)F. The van der Waals surface area contributed by atoms with Gasteiger partial charge in [0.25, 0.3) is 0 Å². The van der Waals surface area contributed by atoms with E-state index in [2.05, 4.69) is 0 Å². The van der Waals surface area contributed by atoms with Gasteiger partial charge in [0.2, 0.25) is 0 Å². The van der Waals surface area contributed by atoms with Crippen molar-refractivity contribution < 1.29 is 44.3 Å². The molecular weight excluding hydrogens is 475 g/mol. The highest BCUT2D eigenvalue weighted by atomic mass is 19.4. The van der Waals surface area contributed by atoms with E-state index in [-0.39, 0.29) is 16.5 Å². The van der Waals surface area contributed by atoms with Gasteiger partial charge in [-0.2, -0.15) is 39.5 Å². The first-order valence-corrected chi connectivity index (χ1v) is 10.0. The Morgan fingerprint density at radius 3 is 1.94 bits per heavy atom. The quantitative estimate of drug-likeness (QED) is 0.347. The van der Waals surface area contributed by atoms with Crippen molar-refractivity contribution in [1.82, 2.24) is 0 Å². The van der Waals surface area contributed by atoms with E-state index in [9.17, 15) is 35.5 Å². The molecular formula is C24H15F9O. The summed E-state index contributed by atoms with van der Waals surface area (Å²) in [5.74, 6) is -26.6. The highest BCUT2D eigenvalue weighted by Crippen LogP contribution is 2.59. The molecule has 0 radical (unpaired) electrons. The Morgan fingerprint density at radius 2 is 1.26 bits per heavy atom. The highest BCUT2D eigenvalue weighted by Gasteiger charge is 2.84. The summed E-state index contributed by atoms with van der Waals surface area (Å²) in [6.45, 7) is 0. The second kappa shape index (κ2) is 7.74. The van der Waals surface area contributed by atoms with Crippen molar-refractivity contribution in [3.05, 3.63) is 83.4 Å². The number of carbonyl (C=O) groups is 1. The van der Waals surface area contributed by atoms with Gasteiger partial charge >= 0.3 is 23.9 Å². The minimum absolute atomic E-state index is 0.0308. The minimum Gasteiger partial charge on any atom is -0.294 e. The molecule has 34 heavy (non-hydrogen) atoms. The zero-order chi connectivity index (χ0) is 25.1. The second-order valence-corrected chi connectivity index (χ2v) is 8.15. The van der Waals surface area contributed by atoms with E-state index < -0.39 is 53.5 Å². The maximum absolute atomic E-state index is 15.2. The van der Waals surface area contributed by atoms with Gasteiger partial charge in [-0.25, -0.2) is 0 Å². The Kier molecular flexibility index (Phi) is 5.49. The van der Waals surface area contributed by atoms with E-state index in [4.69, 9.17) is 0 Å². The van der Waals surface area contributed by atoms with E-state index in [0.717, 1.165) is 6.07 Å². The summed E-state index contributed by atoms with van der Waals surface area (Å²) in [5.41, 5.74) is -0.255. The molecule has 2 unspecified atom stereocenters. The lowest BCUT2D eigenvalue weighted by molar-refractivity contribution is -0.401. The van der Waals surface area contributed by atoms with Crippen LogP contribution in [0.5, 0.6) is 0 Å². The lowest BCUT2D eigenvalue weighted by Gasteiger charge is -2.42. The van der Waals surface area contributed by atoms with Gasteiger partial charge < -0.3 is 0 Å². The fourth-order valence-corrected chi connectivity index (χ4v) is 4.51. The number of hydrogen-bond donors (Lipinski definition) is 0. The van der Waals surface area contributed by atoms with Crippen LogP contribution in [0, 0.1) is 5.92 Å². The fourth-order valence-electron chi connectivity index (χ4n) is 4.51. The van der Waals surface area contributed by atoms with Crippen molar-refractivity contribution in [2.45, 2.75) is 36.3 Å². The molecule has 0 aliphatic heterocycles. The number of carbonyl (C=O) groups excluding carboxylic acids is 1. The molecule has 0 saturated carbocycles. The molecule has 1 aliphatic carbocycles. The predicted octanol–water partition coefficient (Wildman–Crippen LogP) is 7.45. The second-order valence-electron chi connectivity index (χ2n) is 8.15. The average molecular weight is 490 g/mol. The first kappa shape index (κ1) is 24.1. The van der Waals surface area contributed by atoms with Gasteiger partial charge in [-0.05, 0) is 28.3 Å². The monoisotopic (exact) mass is 490 g/mol. The normalized spacial score (nSPS) is 19.9. The van der Waals surface area contributed by atoms with Crippen LogP contribution < -0.4 is 0 Å². The third-order valence-corrected chi connectivity index (χ3v) is 6.19. The summed E-state index contributed by atoms with van der Waals surface area (Å²) in [6, 6.07) is 15.6. The van der Waals surface area contributed by atoms with Crippen LogP contribution in [0.3, 0.4) is 0 Å². The Labute approximate surface area is 187 Å². The molecule has 0 spiro atoms. The topological polar surface area (TPSA) is 17.1 Å². The number of fused-ring (bicyclic) bond motifs is 2. The smallest absolute Gasteiger partial charge is 0.294 e. The maximum Gasteiger partial charge on any atom is 0.460 e. The molecule has 0 fully saturated rings. The summed E-state index contributed by atoms with van der Waals surface area (Å²) in [5, 5.41) is 0.773. The van der Waals surface area contributed by atoms with Crippen molar-refractivity contribution in [2.75, 3.05) is 0 Å². The molecule has 3 aromatic rings. The van der Waals surface area contributed by atoms with Crippen molar-refractivity contribution in [3.8, 4) is 0 Å². The van der Waals surface area contributed by atoms with Crippen LogP contribution in [0.25, 0.3) is 10.8 Å². The van der Waals surface area contributed by atoms with Crippen LogP contribution >= 0.6 is 0 Å². The number of Topliss-reactive ketones (excluding diaryl/α,β-unsaturated/α-hetero) is 1.